The number of thioether (sulfide) groups is 1. The SMILES string of the molecule is COC(=O)CCCCC1SC[C@@H]2NC(=O)N[C@]12O. The molecule has 3 N–H and O–H groups in total. The minimum atomic E-state index is -1.13. The zero-order valence-corrected chi connectivity index (χ0v) is 11.1. The highest BCUT2D eigenvalue weighted by molar-refractivity contribution is 8.00. The lowest BCUT2D eigenvalue weighted by Crippen LogP contribution is -2.53. The molecule has 0 aromatic rings. The second-order valence-electron chi connectivity index (χ2n) is 4.62. The summed E-state index contributed by atoms with van der Waals surface area (Å²) >= 11 is 1.66. The molecule has 2 heterocycles. The minimum absolute atomic E-state index is 0.0147. The van der Waals surface area contributed by atoms with Gasteiger partial charge in [-0.05, 0) is 12.8 Å². The Balaban J connectivity index is 1.77. The molecule has 2 saturated heterocycles. The van der Waals surface area contributed by atoms with Gasteiger partial charge in [-0.25, -0.2) is 4.79 Å². The third kappa shape index (κ3) is 2.56. The van der Waals surface area contributed by atoms with E-state index in [9.17, 15) is 14.7 Å². The summed E-state index contributed by atoms with van der Waals surface area (Å²) in [6.07, 6.45) is 2.75. The van der Waals surface area contributed by atoms with E-state index < -0.39 is 5.72 Å². The maximum Gasteiger partial charge on any atom is 0.317 e. The number of methoxy groups -OCH3 is 1. The summed E-state index contributed by atoms with van der Waals surface area (Å²) in [5, 5.41) is 15.7. The second kappa shape index (κ2) is 5.36. The lowest BCUT2D eigenvalue weighted by molar-refractivity contribution is -0.140. The van der Waals surface area contributed by atoms with Crippen molar-refractivity contribution >= 4 is 23.8 Å². The van der Waals surface area contributed by atoms with Crippen molar-refractivity contribution in [3.63, 3.8) is 0 Å². The van der Waals surface area contributed by atoms with Gasteiger partial charge in [-0.15, -0.1) is 0 Å². The van der Waals surface area contributed by atoms with Gasteiger partial charge in [0, 0.05) is 12.2 Å². The van der Waals surface area contributed by atoms with Crippen LogP contribution in [0.1, 0.15) is 25.7 Å². The molecule has 18 heavy (non-hydrogen) atoms. The maximum absolute atomic E-state index is 11.2. The van der Waals surface area contributed by atoms with E-state index in [2.05, 4.69) is 15.4 Å². The monoisotopic (exact) mass is 274 g/mol. The Morgan fingerprint density at radius 1 is 1.61 bits per heavy atom. The zero-order valence-electron chi connectivity index (χ0n) is 10.3. The summed E-state index contributed by atoms with van der Waals surface area (Å²) in [6, 6.07) is -0.511. The minimum Gasteiger partial charge on any atom is -0.469 e. The first-order valence-corrected chi connectivity index (χ1v) is 7.10. The van der Waals surface area contributed by atoms with Crippen LogP contribution in [0.4, 0.5) is 4.79 Å². The normalized spacial score (nSPS) is 33.8. The molecular weight excluding hydrogens is 256 g/mol. The molecule has 7 heteroatoms. The number of rotatable bonds is 5. The summed E-state index contributed by atoms with van der Waals surface area (Å²) in [7, 11) is 1.38. The van der Waals surface area contributed by atoms with E-state index in [-0.39, 0.29) is 23.3 Å². The van der Waals surface area contributed by atoms with E-state index in [0.717, 1.165) is 25.0 Å². The van der Waals surface area contributed by atoms with Crippen LogP contribution in [0.2, 0.25) is 0 Å². The Labute approximate surface area is 110 Å². The number of unbranched alkanes of at least 4 members (excludes halogenated alkanes) is 1. The molecular formula is C11H18N2O4S. The summed E-state index contributed by atoms with van der Waals surface area (Å²) in [4.78, 5) is 22.2. The molecule has 2 aliphatic heterocycles. The average molecular weight is 274 g/mol. The second-order valence-corrected chi connectivity index (χ2v) is 5.86. The predicted molar refractivity (Wildman–Crippen MR) is 67.1 cm³/mol. The summed E-state index contributed by atoms with van der Waals surface area (Å²) in [6.45, 7) is 0. The molecule has 0 aromatic heterocycles. The van der Waals surface area contributed by atoms with Crippen LogP contribution < -0.4 is 10.6 Å². The van der Waals surface area contributed by atoms with Crippen molar-refractivity contribution in [2.45, 2.75) is 42.7 Å². The molecule has 1 unspecified atom stereocenters. The predicted octanol–water partition coefficient (Wildman–Crippen LogP) is 0.205. The molecule has 102 valence electrons. The van der Waals surface area contributed by atoms with Gasteiger partial charge in [0.25, 0.3) is 0 Å². The number of nitrogens with one attached hydrogen (secondary N) is 2. The molecule has 6 nitrogen and oxygen atoms in total. The first-order chi connectivity index (χ1) is 8.56. The van der Waals surface area contributed by atoms with E-state index >= 15 is 0 Å². The van der Waals surface area contributed by atoms with E-state index in [1.54, 1.807) is 11.8 Å². The Kier molecular flexibility index (Phi) is 4.01. The molecule has 0 bridgehead atoms. The number of carbonyl (C=O) groups excluding carboxylic acids is 2. The van der Waals surface area contributed by atoms with Crippen LogP contribution in [0, 0.1) is 0 Å². The molecule has 2 amide bonds. The van der Waals surface area contributed by atoms with Crippen molar-refractivity contribution in [2.24, 2.45) is 0 Å². The van der Waals surface area contributed by atoms with Crippen LogP contribution in [0.3, 0.4) is 0 Å². The molecule has 2 fully saturated rings. The fourth-order valence-corrected chi connectivity index (χ4v) is 3.96. The largest absolute Gasteiger partial charge is 0.469 e. The number of aliphatic hydroxyl groups is 1. The molecule has 0 aromatic carbocycles. The number of esters is 1. The third-order valence-electron chi connectivity index (χ3n) is 3.43. The molecule has 2 aliphatic rings. The summed E-state index contributed by atoms with van der Waals surface area (Å²) < 4.78 is 4.56. The zero-order chi connectivity index (χ0) is 13.2. The van der Waals surface area contributed by atoms with Crippen LogP contribution in [0.25, 0.3) is 0 Å². The number of hydrogen-bond donors (Lipinski definition) is 3. The highest BCUT2D eigenvalue weighted by Gasteiger charge is 2.55. The van der Waals surface area contributed by atoms with Crippen LogP contribution in [0.5, 0.6) is 0 Å². The van der Waals surface area contributed by atoms with Crippen molar-refractivity contribution in [1.82, 2.24) is 10.6 Å². The van der Waals surface area contributed by atoms with Crippen LogP contribution in [-0.4, -0.2) is 47.0 Å². The Hall–Kier alpha value is -0.950. The van der Waals surface area contributed by atoms with Gasteiger partial charge in [0.2, 0.25) is 0 Å². The Bertz CT molecular complexity index is 352. The highest BCUT2D eigenvalue weighted by atomic mass is 32.2. The van der Waals surface area contributed by atoms with Crippen LogP contribution >= 0.6 is 11.8 Å². The number of hydrogen-bond acceptors (Lipinski definition) is 5. The van der Waals surface area contributed by atoms with Gasteiger partial charge < -0.3 is 20.5 Å². The number of fused-ring (bicyclic) bond motifs is 1. The van der Waals surface area contributed by atoms with Crippen molar-refractivity contribution in [1.29, 1.82) is 0 Å². The smallest absolute Gasteiger partial charge is 0.317 e. The van der Waals surface area contributed by atoms with E-state index in [1.807, 2.05) is 0 Å². The van der Waals surface area contributed by atoms with Gasteiger partial charge in [0.1, 0.15) is 0 Å². The molecule has 0 radical (unpaired) electrons. The van der Waals surface area contributed by atoms with E-state index in [4.69, 9.17) is 0 Å². The van der Waals surface area contributed by atoms with Crippen molar-refractivity contribution in [3.05, 3.63) is 0 Å². The molecule has 3 atom stereocenters. The van der Waals surface area contributed by atoms with Gasteiger partial charge in [-0.2, -0.15) is 11.8 Å². The van der Waals surface area contributed by atoms with Gasteiger partial charge >= 0.3 is 12.0 Å². The third-order valence-corrected chi connectivity index (χ3v) is 4.95. The van der Waals surface area contributed by atoms with Crippen LogP contribution in [0.15, 0.2) is 0 Å². The lowest BCUT2D eigenvalue weighted by Gasteiger charge is -2.27. The lowest BCUT2D eigenvalue weighted by atomic mass is 9.99. The van der Waals surface area contributed by atoms with Crippen molar-refractivity contribution in [2.75, 3.05) is 12.9 Å². The summed E-state index contributed by atoms with van der Waals surface area (Å²) in [5.74, 6) is 0.512. The number of carbonyl (C=O) groups is 2. The van der Waals surface area contributed by atoms with E-state index in [0.29, 0.717) is 6.42 Å². The number of ether oxygens (including phenoxy) is 1. The highest BCUT2D eigenvalue weighted by Crippen LogP contribution is 2.39. The van der Waals surface area contributed by atoms with Gasteiger partial charge in [-0.3, -0.25) is 4.79 Å². The van der Waals surface area contributed by atoms with E-state index in [1.165, 1.54) is 7.11 Å². The maximum atomic E-state index is 11.2. The van der Waals surface area contributed by atoms with Crippen LogP contribution in [-0.2, 0) is 9.53 Å². The first kappa shape index (κ1) is 13.5. The molecule has 0 saturated carbocycles. The van der Waals surface area contributed by atoms with Gasteiger partial charge in [-0.1, -0.05) is 6.42 Å². The quantitative estimate of drug-likeness (QED) is 0.379. The Morgan fingerprint density at radius 3 is 3.11 bits per heavy atom. The van der Waals surface area contributed by atoms with Gasteiger partial charge in [0.15, 0.2) is 5.72 Å². The molecule has 0 aliphatic carbocycles. The Morgan fingerprint density at radius 2 is 2.39 bits per heavy atom. The fourth-order valence-electron chi connectivity index (χ4n) is 2.39. The summed E-state index contributed by atoms with van der Waals surface area (Å²) in [5.41, 5.74) is -1.13. The number of urea groups is 1. The van der Waals surface area contributed by atoms with Crippen molar-refractivity contribution in [3.8, 4) is 0 Å². The van der Waals surface area contributed by atoms with Crippen molar-refractivity contribution < 1.29 is 19.4 Å². The topological polar surface area (TPSA) is 87.7 Å². The standard InChI is InChI=1S/C11H18N2O4S/c1-17-9(14)5-3-2-4-8-11(16)7(6-18-8)12-10(15)13-11/h7-8,16H,2-6H2,1H3,(H2,12,13,15)/t7-,8?,11+/m0/s1. The molecule has 2 rings (SSSR count). The number of amides is 2. The van der Waals surface area contributed by atoms with Gasteiger partial charge in [0.05, 0.1) is 18.4 Å². The average Bonchev–Trinajstić information content (AvgIpc) is 2.77. The first-order valence-electron chi connectivity index (χ1n) is 6.05. The molecule has 0 spiro atoms. The fraction of sp³-hybridized carbons (Fsp3) is 0.818.